The maximum atomic E-state index is 11.8. The van der Waals surface area contributed by atoms with Crippen molar-refractivity contribution in [2.24, 2.45) is 5.73 Å². The number of allylic oxidation sites excluding steroid dienone is 1. The molecule has 0 unspecified atom stereocenters. The van der Waals surface area contributed by atoms with Crippen LogP contribution in [0, 0.1) is 11.3 Å². The fraction of sp³-hybridized carbons (Fsp3) is 0. The molecule has 0 heterocycles. The number of sulfone groups is 1. The summed E-state index contributed by atoms with van der Waals surface area (Å²) in [4.78, 5) is -0.638. The predicted octanol–water partition coefficient (Wildman–Crippen LogP) is 1.35. The number of nitrogens with two attached hydrogens (primary N) is 1. The van der Waals surface area contributed by atoms with Gasteiger partial charge in [0.25, 0.3) is 0 Å². The lowest BCUT2D eigenvalue weighted by atomic mass is 10.4. The van der Waals surface area contributed by atoms with Crippen LogP contribution < -0.4 is 5.73 Å². The molecule has 0 radical (unpaired) electrons. The molecule has 2 N–H and O–H groups in total. The van der Waals surface area contributed by atoms with Crippen LogP contribution in [0.4, 0.5) is 0 Å². The van der Waals surface area contributed by atoms with E-state index in [1.165, 1.54) is 18.2 Å². The Kier molecular flexibility index (Phi) is 3.35. The summed E-state index contributed by atoms with van der Waals surface area (Å²) in [5, 5.41) is 8.12. The molecular weight excluding hydrogens is 236 g/mol. The van der Waals surface area contributed by atoms with Gasteiger partial charge in [-0.25, -0.2) is 8.42 Å². The smallest absolute Gasteiger partial charge is 0.219 e. The average molecular weight is 243 g/mol. The number of hydrogen-bond donors (Lipinski definition) is 1. The summed E-state index contributed by atoms with van der Waals surface area (Å²) < 4.78 is 23.5. The molecule has 0 aromatic heterocycles. The maximum absolute atomic E-state index is 11.8. The van der Waals surface area contributed by atoms with Crippen molar-refractivity contribution in [2.75, 3.05) is 0 Å². The predicted molar refractivity (Wildman–Crippen MR) is 56.3 cm³/mol. The fourth-order valence-electron chi connectivity index (χ4n) is 0.959. The molecule has 0 aliphatic heterocycles. The van der Waals surface area contributed by atoms with Gasteiger partial charge in [-0.3, -0.25) is 0 Å². The van der Waals surface area contributed by atoms with Crippen LogP contribution in [0.25, 0.3) is 0 Å². The molecule has 0 saturated heterocycles. The van der Waals surface area contributed by atoms with Crippen LogP contribution in [0.15, 0.2) is 45.3 Å². The van der Waals surface area contributed by atoms with Crippen LogP contribution in [0.1, 0.15) is 0 Å². The van der Waals surface area contributed by atoms with Gasteiger partial charge in [-0.05, 0) is 12.1 Å². The lowest BCUT2D eigenvalue weighted by Crippen LogP contribution is -2.08. The minimum Gasteiger partial charge on any atom is -0.388 e. The molecule has 0 bridgehead atoms. The molecule has 4 nitrogen and oxygen atoms in total. The van der Waals surface area contributed by atoms with Crippen LogP contribution in [-0.2, 0) is 9.84 Å². The van der Waals surface area contributed by atoms with Gasteiger partial charge in [-0.15, -0.1) is 0 Å². The minimum atomic E-state index is -3.89. The first-order valence-electron chi connectivity index (χ1n) is 3.85. The van der Waals surface area contributed by atoms with Gasteiger partial charge >= 0.3 is 0 Å². The third kappa shape index (κ3) is 2.29. The summed E-state index contributed by atoms with van der Waals surface area (Å²) in [5.41, 5.74) is 5.11. The average Bonchev–Trinajstić information content (AvgIpc) is 2.19. The Labute approximate surface area is 92.5 Å². The third-order valence-corrected chi connectivity index (χ3v) is 3.68. The van der Waals surface area contributed by atoms with Crippen LogP contribution in [-0.4, -0.2) is 8.42 Å². The largest absolute Gasteiger partial charge is 0.388 e. The molecular formula is C9H7ClN2O2S. The molecule has 0 amide bonds. The summed E-state index contributed by atoms with van der Waals surface area (Å²) in [5.74, 6) is 0. The molecule has 0 fully saturated rings. The van der Waals surface area contributed by atoms with E-state index in [1.807, 2.05) is 0 Å². The Balaban J connectivity index is 3.41. The highest BCUT2D eigenvalue weighted by Gasteiger charge is 2.22. The van der Waals surface area contributed by atoms with Crippen molar-refractivity contribution in [3.8, 4) is 6.07 Å². The van der Waals surface area contributed by atoms with Crippen molar-refractivity contribution in [3.63, 3.8) is 0 Å². The van der Waals surface area contributed by atoms with Crippen molar-refractivity contribution in [1.82, 2.24) is 0 Å². The van der Waals surface area contributed by atoms with E-state index in [-0.39, 0.29) is 4.90 Å². The molecule has 6 heteroatoms. The minimum absolute atomic E-state index is 0.00912. The van der Waals surface area contributed by atoms with Gasteiger partial charge in [0.1, 0.15) is 11.2 Å². The first kappa shape index (κ1) is 11.6. The number of benzene rings is 1. The first-order valence-corrected chi connectivity index (χ1v) is 5.71. The standard InChI is InChI=1S/C9H7ClN2O2S/c10-9(12)8(6-11)15(13,14)7-4-2-1-3-5-7/h1-5H,12H2/b9-8+. The van der Waals surface area contributed by atoms with Crippen LogP contribution in [0.2, 0.25) is 0 Å². The molecule has 0 atom stereocenters. The van der Waals surface area contributed by atoms with Gasteiger partial charge in [0.2, 0.25) is 9.84 Å². The topological polar surface area (TPSA) is 83.9 Å². The highest BCUT2D eigenvalue weighted by Crippen LogP contribution is 2.20. The van der Waals surface area contributed by atoms with Crippen LogP contribution >= 0.6 is 11.6 Å². The summed E-state index contributed by atoms with van der Waals surface area (Å²) in [7, 11) is -3.89. The SMILES string of the molecule is N#C/C(=C(\N)Cl)S(=O)(=O)c1ccccc1. The first-order chi connectivity index (χ1) is 7.00. The molecule has 1 aromatic rings. The molecule has 78 valence electrons. The zero-order valence-corrected chi connectivity index (χ0v) is 9.09. The second-order valence-electron chi connectivity index (χ2n) is 2.61. The second kappa shape index (κ2) is 4.34. The molecule has 0 spiro atoms. The van der Waals surface area contributed by atoms with Gasteiger partial charge < -0.3 is 5.73 Å². The van der Waals surface area contributed by atoms with Crippen LogP contribution in [0.5, 0.6) is 0 Å². The number of nitrogens with zero attached hydrogens (tertiary/aromatic N) is 1. The Morgan fingerprint density at radius 1 is 1.33 bits per heavy atom. The number of rotatable bonds is 2. The maximum Gasteiger partial charge on any atom is 0.219 e. The summed E-state index contributed by atoms with van der Waals surface area (Å²) >= 11 is 5.33. The van der Waals surface area contributed by atoms with Crippen molar-refractivity contribution in [3.05, 3.63) is 40.4 Å². The van der Waals surface area contributed by atoms with E-state index in [9.17, 15) is 8.42 Å². The van der Waals surface area contributed by atoms with Gasteiger partial charge in [-0.1, -0.05) is 29.8 Å². The third-order valence-electron chi connectivity index (χ3n) is 1.64. The van der Waals surface area contributed by atoms with E-state index < -0.39 is 19.9 Å². The van der Waals surface area contributed by atoms with Gasteiger partial charge in [0.15, 0.2) is 4.91 Å². The Hall–Kier alpha value is -1.51. The summed E-state index contributed by atoms with van der Waals surface area (Å²) in [6.45, 7) is 0. The Morgan fingerprint density at radius 3 is 2.27 bits per heavy atom. The van der Waals surface area contributed by atoms with E-state index in [2.05, 4.69) is 0 Å². The van der Waals surface area contributed by atoms with Gasteiger partial charge in [0.05, 0.1) is 4.90 Å². The zero-order chi connectivity index (χ0) is 11.5. The highest BCUT2D eigenvalue weighted by atomic mass is 35.5. The van der Waals surface area contributed by atoms with Gasteiger partial charge in [0, 0.05) is 0 Å². The molecule has 1 aromatic carbocycles. The molecule has 15 heavy (non-hydrogen) atoms. The summed E-state index contributed by atoms with van der Waals surface area (Å²) in [6, 6.07) is 8.97. The number of hydrogen-bond acceptors (Lipinski definition) is 4. The quantitative estimate of drug-likeness (QED) is 0.627. The molecule has 0 aliphatic carbocycles. The monoisotopic (exact) mass is 242 g/mol. The van der Waals surface area contributed by atoms with E-state index in [4.69, 9.17) is 22.6 Å². The molecule has 0 aliphatic rings. The second-order valence-corrected chi connectivity index (χ2v) is 4.90. The lowest BCUT2D eigenvalue weighted by Gasteiger charge is -2.02. The number of halogens is 1. The highest BCUT2D eigenvalue weighted by molar-refractivity contribution is 7.95. The Bertz CT molecular complexity index is 525. The fourth-order valence-corrected chi connectivity index (χ4v) is 2.43. The van der Waals surface area contributed by atoms with Crippen molar-refractivity contribution in [2.45, 2.75) is 4.90 Å². The normalized spacial score (nSPS) is 12.8. The summed E-state index contributed by atoms with van der Waals surface area (Å²) in [6.07, 6.45) is 0. The molecule has 1 rings (SSSR count). The van der Waals surface area contributed by atoms with E-state index in [0.717, 1.165) is 0 Å². The molecule has 0 saturated carbocycles. The van der Waals surface area contributed by atoms with Crippen molar-refractivity contribution >= 4 is 21.4 Å². The van der Waals surface area contributed by atoms with E-state index in [1.54, 1.807) is 18.2 Å². The van der Waals surface area contributed by atoms with E-state index >= 15 is 0 Å². The van der Waals surface area contributed by atoms with Crippen LogP contribution in [0.3, 0.4) is 0 Å². The zero-order valence-electron chi connectivity index (χ0n) is 7.51. The van der Waals surface area contributed by atoms with Gasteiger partial charge in [-0.2, -0.15) is 5.26 Å². The van der Waals surface area contributed by atoms with Crippen molar-refractivity contribution < 1.29 is 8.42 Å². The Morgan fingerprint density at radius 2 is 1.87 bits per heavy atom. The number of nitriles is 1. The lowest BCUT2D eigenvalue weighted by molar-refractivity contribution is 0.603. The van der Waals surface area contributed by atoms with E-state index in [0.29, 0.717) is 0 Å². The van der Waals surface area contributed by atoms with Crippen molar-refractivity contribution in [1.29, 1.82) is 5.26 Å².